The first-order valence-corrected chi connectivity index (χ1v) is 23.6. The molecule has 0 aliphatic carbocycles. The molecule has 2 aromatic heterocycles. The summed E-state index contributed by atoms with van der Waals surface area (Å²) in [6.45, 7) is 0. The first-order chi connectivity index (χ1) is 33.2. The normalized spacial score (nSPS) is 11.6. The summed E-state index contributed by atoms with van der Waals surface area (Å²) in [4.78, 5) is 2.40. The van der Waals surface area contributed by atoms with E-state index in [2.05, 4.69) is 235 Å². The fraction of sp³-hybridized carbons (Fsp3) is 0. The van der Waals surface area contributed by atoms with Crippen LogP contribution in [0.5, 0.6) is 0 Å². The van der Waals surface area contributed by atoms with Crippen molar-refractivity contribution in [2.45, 2.75) is 0 Å². The van der Waals surface area contributed by atoms with Crippen molar-refractivity contribution in [1.29, 1.82) is 0 Å². The van der Waals surface area contributed by atoms with Crippen molar-refractivity contribution in [2.24, 2.45) is 0 Å². The van der Waals surface area contributed by atoms with Crippen molar-refractivity contribution in [3.8, 4) is 33.6 Å². The van der Waals surface area contributed by atoms with Crippen LogP contribution in [-0.2, 0) is 0 Å². The second-order valence-corrected chi connectivity index (χ2v) is 18.3. The van der Waals surface area contributed by atoms with E-state index in [-0.39, 0.29) is 0 Å². The van der Waals surface area contributed by atoms with Crippen LogP contribution in [0.3, 0.4) is 0 Å². The zero-order chi connectivity index (χ0) is 44.3. The molecule has 0 saturated carbocycles. The van der Waals surface area contributed by atoms with Crippen molar-refractivity contribution >= 4 is 102 Å². The van der Waals surface area contributed by atoms with Crippen LogP contribution >= 0.6 is 11.3 Å². The molecule has 67 heavy (non-hydrogen) atoms. The standard InChI is InChI=1S/C64H41NOS/c1-2-14-42(15-3-1)43-27-31-47(32-28-43)65(48-33-29-44(30-34-48)45-16-12-17-46(40-45)60-25-13-39-66-60)49-35-36-55-57-37-38-62-64(58-24-10-11-26-61(58)67-62)63(57)56-23-9-8-21-53(56)51-19-5-4-18-50(51)52-20-6-7-22-54(52)59(55)41-49/h1-41H. The molecule has 11 aromatic carbocycles. The minimum Gasteiger partial charge on any atom is -0.464 e. The van der Waals surface area contributed by atoms with Gasteiger partial charge in [-0.15, -0.1) is 11.3 Å². The second kappa shape index (κ2) is 16.2. The average Bonchev–Trinajstić information content (AvgIpc) is 4.09. The third kappa shape index (κ3) is 6.71. The lowest BCUT2D eigenvalue weighted by molar-refractivity contribution is 0.582. The topological polar surface area (TPSA) is 16.4 Å². The van der Waals surface area contributed by atoms with Crippen LogP contribution in [0, 0.1) is 0 Å². The lowest BCUT2D eigenvalue weighted by atomic mass is 9.92. The minimum absolute atomic E-state index is 0.860. The Morgan fingerprint density at radius 2 is 0.746 bits per heavy atom. The summed E-state index contributed by atoms with van der Waals surface area (Å²) in [7, 11) is 0. The molecular formula is C64H41NOS. The van der Waals surface area contributed by atoms with E-state index in [1.54, 1.807) is 6.26 Å². The molecule has 0 atom stereocenters. The Morgan fingerprint density at radius 1 is 0.269 bits per heavy atom. The molecule has 0 saturated heterocycles. The van der Waals surface area contributed by atoms with Gasteiger partial charge in [-0.2, -0.15) is 0 Å². The van der Waals surface area contributed by atoms with Crippen LogP contribution in [0.15, 0.2) is 253 Å². The Kier molecular flexibility index (Phi) is 9.40. The fourth-order valence-electron chi connectivity index (χ4n) is 10.3. The van der Waals surface area contributed by atoms with Crippen LogP contribution in [0.25, 0.3) is 108 Å². The van der Waals surface area contributed by atoms with E-state index in [1.165, 1.54) is 85.2 Å². The summed E-state index contributed by atoms with van der Waals surface area (Å²) in [6, 6.07) is 88.8. The smallest absolute Gasteiger partial charge is 0.133 e. The van der Waals surface area contributed by atoms with E-state index >= 15 is 0 Å². The Labute approximate surface area is 392 Å². The van der Waals surface area contributed by atoms with Gasteiger partial charge in [-0.05, 0) is 143 Å². The molecule has 2 heterocycles. The quantitative estimate of drug-likeness (QED) is 0.166. The van der Waals surface area contributed by atoms with Gasteiger partial charge >= 0.3 is 0 Å². The molecule has 0 amide bonds. The van der Waals surface area contributed by atoms with Gasteiger partial charge in [0, 0.05) is 42.8 Å². The van der Waals surface area contributed by atoms with E-state index in [1.807, 2.05) is 23.5 Å². The molecule has 0 radical (unpaired) electrons. The summed E-state index contributed by atoms with van der Waals surface area (Å²) >= 11 is 1.88. The number of anilines is 3. The molecule has 0 fully saturated rings. The van der Waals surface area contributed by atoms with Gasteiger partial charge in [-0.1, -0.05) is 176 Å². The van der Waals surface area contributed by atoms with Gasteiger partial charge in [0.05, 0.1) is 6.26 Å². The molecule has 0 unspecified atom stereocenters. The van der Waals surface area contributed by atoms with Gasteiger partial charge in [-0.3, -0.25) is 0 Å². The molecule has 314 valence electrons. The number of hydrogen-bond donors (Lipinski definition) is 0. The molecule has 0 aliphatic rings. The summed E-state index contributed by atoms with van der Waals surface area (Å²) in [5.74, 6) is 0.860. The Bertz CT molecular complexity index is 4080. The highest BCUT2D eigenvalue weighted by molar-refractivity contribution is 7.26. The molecule has 0 spiro atoms. The Hall–Kier alpha value is -8.50. The summed E-state index contributed by atoms with van der Waals surface area (Å²) in [5, 5.41) is 14.8. The van der Waals surface area contributed by atoms with Gasteiger partial charge in [-0.25, -0.2) is 0 Å². The molecule has 0 aliphatic heterocycles. The van der Waals surface area contributed by atoms with Crippen LogP contribution in [0.4, 0.5) is 17.1 Å². The van der Waals surface area contributed by atoms with E-state index in [4.69, 9.17) is 4.42 Å². The first-order valence-electron chi connectivity index (χ1n) is 22.8. The Balaban J connectivity index is 1.11. The number of nitrogens with zero attached hydrogens (tertiary/aromatic N) is 1. The molecule has 0 bridgehead atoms. The van der Waals surface area contributed by atoms with Crippen LogP contribution in [0.2, 0.25) is 0 Å². The van der Waals surface area contributed by atoms with Crippen LogP contribution in [0.1, 0.15) is 0 Å². The first kappa shape index (κ1) is 38.9. The van der Waals surface area contributed by atoms with Crippen molar-refractivity contribution in [3.05, 3.63) is 249 Å². The maximum absolute atomic E-state index is 5.76. The van der Waals surface area contributed by atoms with Gasteiger partial charge in [0.15, 0.2) is 0 Å². The van der Waals surface area contributed by atoms with Crippen molar-refractivity contribution < 1.29 is 4.42 Å². The molecule has 0 N–H and O–H groups in total. The van der Waals surface area contributed by atoms with E-state index in [0.717, 1.165) is 39.5 Å². The molecule has 13 aromatic rings. The molecule has 3 heteroatoms. The lowest BCUT2D eigenvalue weighted by Crippen LogP contribution is -2.09. The number of rotatable bonds is 6. The van der Waals surface area contributed by atoms with E-state index in [0.29, 0.717) is 0 Å². The van der Waals surface area contributed by atoms with Crippen LogP contribution in [-0.4, -0.2) is 0 Å². The molecule has 13 rings (SSSR count). The number of hydrogen-bond acceptors (Lipinski definition) is 3. The number of fused-ring (bicyclic) bond motifs is 14. The predicted octanol–water partition coefficient (Wildman–Crippen LogP) is 19.0. The van der Waals surface area contributed by atoms with Gasteiger partial charge in [0.1, 0.15) is 5.76 Å². The predicted molar refractivity (Wildman–Crippen MR) is 288 cm³/mol. The summed E-state index contributed by atoms with van der Waals surface area (Å²) in [6.07, 6.45) is 1.73. The molecule has 2 nitrogen and oxygen atoms in total. The summed E-state index contributed by atoms with van der Waals surface area (Å²) < 4.78 is 8.35. The van der Waals surface area contributed by atoms with Crippen molar-refractivity contribution in [1.82, 2.24) is 0 Å². The van der Waals surface area contributed by atoms with Gasteiger partial charge in [0.25, 0.3) is 0 Å². The lowest BCUT2D eigenvalue weighted by Gasteiger charge is -2.26. The zero-order valence-electron chi connectivity index (χ0n) is 36.4. The largest absolute Gasteiger partial charge is 0.464 e. The zero-order valence-corrected chi connectivity index (χ0v) is 37.3. The van der Waals surface area contributed by atoms with Crippen LogP contribution < -0.4 is 4.90 Å². The highest BCUT2D eigenvalue weighted by Gasteiger charge is 2.18. The number of thiophene rings is 1. The van der Waals surface area contributed by atoms with Crippen molar-refractivity contribution in [3.63, 3.8) is 0 Å². The van der Waals surface area contributed by atoms with E-state index in [9.17, 15) is 0 Å². The third-order valence-electron chi connectivity index (χ3n) is 13.4. The number of furan rings is 1. The van der Waals surface area contributed by atoms with Crippen molar-refractivity contribution in [2.75, 3.05) is 4.90 Å². The SMILES string of the molecule is c1ccc(-c2ccc(N(c3ccc(-c4cccc(-c5ccco5)c4)cc3)c3ccc4c(c3)c3ccccc3c3ccccc3c3ccccc3c3c4ccc4sc5ccccc5c43)cc2)cc1. The minimum atomic E-state index is 0.860. The average molecular weight is 872 g/mol. The Morgan fingerprint density at radius 3 is 1.40 bits per heavy atom. The van der Waals surface area contributed by atoms with Gasteiger partial charge < -0.3 is 9.32 Å². The van der Waals surface area contributed by atoms with Gasteiger partial charge in [0.2, 0.25) is 0 Å². The highest BCUT2D eigenvalue weighted by atomic mass is 32.1. The maximum Gasteiger partial charge on any atom is 0.133 e. The fourth-order valence-corrected chi connectivity index (χ4v) is 11.4. The summed E-state index contributed by atoms with van der Waals surface area (Å²) in [5.41, 5.74) is 8.92. The monoisotopic (exact) mass is 871 g/mol. The molecular weight excluding hydrogens is 831 g/mol. The second-order valence-electron chi connectivity index (χ2n) is 17.2. The van der Waals surface area contributed by atoms with E-state index < -0.39 is 0 Å². The third-order valence-corrected chi connectivity index (χ3v) is 14.5. The number of benzene rings is 10. The maximum atomic E-state index is 5.76. The highest BCUT2D eigenvalue weighted by Crippen LogP contribution is 2.45.